The fraction of sp³-hybridized carbons (Fsp3) is 0.235. The van der Waals surface area contributed by atoms with Crippen LogP contribution in [-0.2, 0) is 17.5 Å². The van der Waals surface area contributed by atoms with Crippen LogP contribution in [0, 0.1) is 0 Å². The third-order valence-electron chi connectivity index (χ3n) is 3.49. The van der Waals surface area contributed by atoms with Gasteiger partial charge in [0.1, 0.15) is 5.75 Å². The molecule has 0 atom stereocenters. The van der Waals surface area contributed by atoms with Gasteiger partial charge in [-0.25, -0.2) is 4.79 Å². The number of hydrogen-bond donors (Lipinski definition) is 1. The lowest BCUT2D eigenvalue weighted by atomic mass is 10.1. The topological polar surface area (TPSA) is 49.8 Å². The Balaban J connectivity index is 2.24. The number of alkyl halides is 3. The maximum Gasteiger partial charge on any atom is 0.418 e. The molecular formula is C17H16F3NO3. The van der Waals surface area contributed by atoms with Gasteiger partial charge in [0.2, 0.25) is 0 Å². The fourth-order valence-corrected chi connectivity index (χ4v) is 2.31. The Labute approximate surface area is 137 Å². The van der Waals surface area contributed by atoms with Crippen molar-refractivity contribution in [2.24, 2.45) is 0 Å². The van der Waals surface area contributed by atoms with E-state index in [-0.39, 0.29) is 12.2 Å². The van der Waals surface area contributed by atoms with Crippen molar-refractivity contribution in [3.63, 3.8) is 0 Å². The minimum absolute atomic E-state index is 0.0441. The molecule has 24 heavy (non-hydrogen) atoms. The number of nitrogens with zero attached hydrogens (tertiary/aromatic N) is 1. The summed E-state index contributed by atoms with van der Waals surface area (Å²) in [5.74, 6) is -0.922. The summed E-state index contributed by atoms with van der Waals surface area (Å²) in [5.41, 5.74) is 0.143. The van der Waals surface area contributed by atoms with E-state index in [2.05, 4.69) is 4.74 Å². The molecule has 0 heterocycles. The van der Waals surface area contributed by atoms with Gasteiger partial charge in [-0.2, -0.15) is 13.2 Å². The molecule has 0 radical (unpaired) electrons. The molecule has 1 N–H and O–H groups in total. The minimum Gasteiger partial charge on any atom is -0.508 e. The van der Waals surface area contributed by atoms with E-state index in [9.17, 15) is 23.1 Å². The maximum atomic E-state index is 13.1. The predicted molar refractivity (Wildman–Crippen MR) is 83.0 cm³/mol. The summed E-state index contributed by atoms with van der Waals surface area (Å²) in [6.45, 7) is 0.204. The first-order valence-corrected chi connectivity index (χ1v) is 7.01. The van der Waals surface area contributed by atoms with E-state index in [0.29, 0.717) is 11.6 Å². The van der Waals surface area contributed by atoms with Crippen LogP contribution in [0.3, 0.4) is 0 Å². The molecule has 0 aliphatic heterocycles. The second-order valence-electron chi connectivity index (χ2n) is 5.24. The zero-order valence-electron chi connectivity index (χ0n) is 13.1. The number of aromatic hydroxyl groups is 1. The van der Waals surface area contributed by atoms with E-state index in [1.807, 2.05) is 0 Å². The quantitative estimate of drug-likeness (QED) is 0.860. The van der Waals surface area contributed by atoms with Crippen LogP contribution in [0.2, 0.25) is 0 Å². The summed E-state index contributed by atoms with van der Waals surface area (Å²) < 4.78 is 44.0. The molecule has 0 saturated carbocycles. The molecule has 0 unspecified atom stereocenters. The summed E-state index contributed by atoms with van der Waals surface area (Å²) in [4.78, 5) is 12.8. The van der Waals surface area contributed by atoms with Crippen molar-refractivity contribution in [2.75, 3.05) is 19.1 Å². The average molecular weight is 339 g/mol. The highest BCUT2D eigenvalue weighted by molar-refractivity contribution is 5.89. The smallest absolute Gasteiger partial charge is 0.418 e. The van der Waals surface area contributed by atoms with Crippen LogP contribution in [-0.4, -0.2) is 25.2 Å². The van der Waals surface area contributed by atoms with Gasteiger partial charge < -0.3 is 14.7 Å². The number of halogens is 3. The largest absolute Gasteiger partial charge is 0.508 e. The Morgan fingerprint density at radius 3 is 2.33 bits per heavy atom. The first-order valence-electron chi connectivity index (χ1n) is 7.01. The van der Waals surface area contributed by atoms with Gasteiger partial charge in [-0.15, -0.1) is 0 Å². The van der Waals surface area contributed by atoms with Crippen LogP contribution in [0.1, 0.15) is 21.5 Å². The SMILES string of the molecule is COC(=O)c1ccc(CN(C)c2ccc(O)cc2C(F)(F)F)cc1. The van der Waals surface area contributed by atoms with Crippen molar-refractivity contribution in [2.45, 2.75) is 12.7 Å². The van der Waals surface area contributed by atoms with Crippen LogP contribution in [0.25, 0.3) is 0 Å². The number of hydrogen-bond acceptors (Lipinski definition) is 4. The normalized spacial score (nSPS) is 11.2. The molecule has 0 amide bonds. The third kappa shape index (κ3) is 3.98. The first-order chi connectivity index (χ1) is 11.2. The average Bonchev–Trinajstić information content (AvgIpc) is 2.53. The van der Waals surface area contributed by atoms with Crippen molar-refractivity contribution >= 4 is 11.7 Å². The molecule has 2 rings (SSSR count). The van der Waals surface area contributed by atoms with Gasteiger partial charge in [0, 0.05) is 19.3 Å². The molecule has 0 aromatic heterocycles. The van der Waals surface area contributed by atoms with E-state index in [1.165, 1.54) is 31.2 Å². The number of benzene rings is 2. The van der Waals surface area contributed by atoms with Gasteiger partial charge in [-0.3, -0.25) is 0 Å². The van der Waals surface area contributed by atoms with Crippen LogP contribution in [0.5, 0.6) is 5.75 Å². The molecular weight excluding hydrogens is 323 g/mol. The number of phenols is 1. The van der Waals surface area contributed by atoms with Crippen LogP contribution in [0.15, 0.2) is 42.5 Å². The molecule has 0 aliphatic rings. The van der Waals surface area contributed by atoms with Gasteiger partial charge in [0.25, 0.3) is 0 Å². The Morgan fingerprint density at radius 2 is 1.79 bits per heavy atom. The van der Waals surface area contributed by atoms with Crippen molar-refractivity contribution in [3.8, 4) is 5.75 Å². The summed E-state index contributed by atoms with van der Waals surface area (Å²) in [5, 5.41) is 9.32. The number of carbonyl (C=O) groups excluding carboxylic acids is 1. The Morgan fingerprint density at radius 1 is 1.17 bits per heavy atom. The van der Waals surface area contributed by atoms with Gasteiger partial charge in [-0.05, 0) is 35.9 Å². The number of anilines is 1. The number of carbonyl (C=O) groups is 1. The van der Waals surface area contributed by atoms with E-state index in [1.54, 1.807) is 24.3 Å². The van der Waals surface area contributed by atoms with Crippen LogP contribution < -0.4 is 4.90 Å². The molecule has 2 aromatic rings. The van der Waals surface area contributed by atoms with E-state index >= 15 is 0 Å². The number of rotatable bonds is 4. The number of phenolic OH excluding ortho intramolecular Hbond substituents is 1. The van der Waals surface area contributed by atoms with Crippen molar-refractivity contribution in [1.29, 1.82) is 0 Å². The fourth-order valence-electron chi connectivity index (χ4n) is 2.31. The van der Waals surface area contributed by atoms with Crippen molar-refractivity contribution < 1.29 is 27.8 Å². The molecule has 0 saturated heterocycles. The second-order valence-corrected chi connectivity index (χ2v) is 5.24. The predicted octanol–water partition coefficient (Wildman–Crippen LogP) is 3.83. The monoisotopic (exact) mass is 339 g/mol. The summed E-state index contributed by atoms with van der Waals surface area (Å²) >= 11 is 0. The lowest BCUT2D eigenvalue weighted by Crippen LogP contribution is -2.21. The molecule has 0 bridgehead atoms. The Kier molecular flexibility index (Phi) is 5.02. The minimum atomic E-state index is -4.57. The summed E-state index contributed by atoms with van der Waals surface area (Å²) in [6, 6.07) is 9.54. The summed E-state index contributed by atoms with van der Waals surface area (Å²) in [6.07, 6.45) is -4.57. The standard InChI is InChI=1S/C17H16F3NO3/c1-21(10-11-3-5-12(6-4-11)16(23)24-2)15-8-7-13(22)9-14(15)17(18,19)20/h3-9,22H,10H2,1-2H3. The van der Waals surface area contributed by atoms with Gasteiger partial charge >= 0.3 is 12.1 Å². The van der Waals surface area contributed by atoms with E-state index < -0.39 is 23.5 Å². The van der Waals surface area contributed by atoms with E-state index in [0.717, 1.165) is 5.56 Å². The Hall–Kier alpha value is -2.70. The zero-order valence-corrected chi connectivity index (χ0v) is 13.1. The highest BCUT2D eigenvalue weighted by atomic mass is 19.4. The first kappa shape index (κ1) is 17.7. The molecule has 4 nitrogen and oxygen atoms in total. The number of esters is 1. The van der Waals surface area contributed by atoms with Gasteiger partial charge in [-0.1, -0.05) is 12.1 Å². The molecule has 0 fully saturated rings. The lowest BCUT2D eigenvalue weighted by molar-refractivity contribution is -0.137. The van der Waals surface area contributed by atoms with Gasteiger partial charge in [0.05, 0.1) is 18.2 Å². The van der Waals surface area contributed by atoms with Crippen molar-refractivity contribution in [1.82, 2.24) is 0 Å². The van der Waals surface area contributed by atoms with Crippen LogP contribution in [0.4, 0.5) is 18.9 Å². The second kappa shape index (κ2) is 6.82. The Bertz CT molecular complexity index is 727. The number of ether oxygens (including phenoxy) is 1. The molecule has 128 valence electrons. The molecule has 0 spiro atoms. The van der Waals surface area contributed by atoms with Crippen LogP contribution >= 0.6 is 0 Å². The highest BCUT2D eigenvalue weighted by Gasteiger charge is 2.34. The number of methoxy groups -OCH3 is 1. The maximum absolute atomic E-state index is 13.1. The van der Waals surface area contributed by atoms with Gasteiger partial charge in [0.15, 0.2) is 0 Å². The third-order valence-corrected chi connectivity index (χ3v) is 3.49. The van der Waals surface area contributed by atoms with E-state index in [4.69, 9.17) is 0 Å². The highest BCUT2D eigenvalue weighted by Crippen LogP contribution is 2.38. The molecule has 2 aromatic carbocycles. The molecule has 7 heteroatoms. The molecule has 0 aliphatic carbocycles. The summed E-state index contributed by atoms with van der Waals surface area (Å²) in [7, 11) is 2.79. The lowest BCUT2D eigenvalue weighted by Gasteiger charge is -2.24. The zero-order chi connectivity index (χ0) is 17.9. The van der Waals surface area contributed by atoms with Crippen molar-refractivity contribution in [3.05, 3.63) is 59.2 Å².